The van der Waals surface area contributed by atoms with E-state index >= 15 is 0 Å². The van der Waals surface area contributed by atoms with Crippen LogP contribution < -0.4 is 0 Å². The zero-order chi connectivity index (χ0) is 28.0. The summed E-state index contributed by atoms with van der Waals surface area (Å²) in [6.07, 6.45) is 5.81. The van der Waals surface area contributed by atoms with Crippen molar-refractivity contribution in [2.75, 3.05) is 65.7 Å². The summed E-state index contributed by atoms with van der Waals surface area (Å²) >= 11 is 3.69. The van der Waals surface area contributed by atoms with E-state index in [4.69, 9.17) is 14.2 Å². The predicted molar refractivity (Wildman–Crippen MR) is 148 cm³/mol. The van der Waals surface area contributed by atoms with Gasteiger partial charge in [0.15, 0.2) is 0 Å². The number of ether oxygens (including phenoxy) is 3. The van der Waals surface area contributed by atoms with E-state index in [1.54, 1.807) is 22.0 Å². The Balaban J connectivity index is 1.61. The fraction of sp³-hybridized carbons (Fsp3) is 0.750. The second-order valence-electron chi connectivity index (χ2n) is 10.8. The van der Waals surface area contributed by atoms with Crippen molar-refractivity contribution >= 4 is 33.7 Å². The molecule has 0 aliphatic carbocycles. The molecule has 4 fully saturated rings. The lowest BCUT2D eigenvalue weighted by molar-refractivity contribution is -0.155. The fourth-order valence-corrected chi connectivity index (χ4v) is 7.48. The molecule has 11 heteroatoms. The number of hydrogen-bond acceptors (Lipinski definition) is 8. The molecule has 1 spiro atoms. The van der Waals surface area contributed by atoms with Crippen LogP contribution in [0.15, 0.2) is 25.3 Å². The molecule has 2 amide bonds. The third-order valence-electron chi connectivity index (χ3n) is 8.37. The van der Waals surface area contributed by atoms with Gasteiger partial charge in [0.05, 0.1) is 37.8 Å². The minimum Gasteiger partial charge on any atom is -0.465 e. The molecule has 0 saturated carbocycles. The highest BCUT2D eigenvalue weighted by molar-refractivity contribution is 9.09. The second kappa shape index (κ2) is 13.7. The Kier molecular flexibility index (Phi) is 10.6. The van der Waals surface area contributed by atoms with E-state index in [2.05, 4.69) is 34.0 Å². The summed E-state index contributed by atoms with van der Waals surface area (Å²) in [4.78, 5) is 47.1. The van der Waals surface area contributed by atoms with Crippen LogP contribution >= 0.6 is 15.9 Å². The molecule has 4 heterocycles. The molecule has 4 aliphatic rings. The maximum absolute atomic E-state index is 14.4. The Hall–Kier alpha value is -1.79. The molecule has 2 bridgehead atoms. The van der Waals surface area contributed by atoms with Gasteiger partial charge in [-0.3, -0.25) is 19.3 Å². The molecule has 1 N–H and O–H groups in total. The Labute approximate surface area is 239 Å². The largest absolute Gasteiger partial charge is 0.465 e. The highest BCUT2D eigenvalue weighted by Crippen LogP contribution is 2.60. The molecule has 218 valence electrons. The number of aliphatic hydroxyl groups is 1. The lowest BCUT2D eigenvalue weighted by atomic mass is 9.70. The molecule has 39 heavy (non-hydrogen) atoms. The van der Waals surface area contributed by atoms with Gasteiger partial charge < -0.3 is 29.1 Å². The number of carbonyl (C=O) groups is 3. The van der Waals surface area contributed by atoms with Crippen LogP contribution in [0.1, 0.15) is 32.1 Å². The zero-order valence-electron chi connectivity index (χ0n) is 22.7. The summed E-state index contributed by atoms with van der Waals surface area (Å²) in [6, 6.07) is -0.843. The third-order valence-corrected chi connectivity index (χ3v) is 9.21. The lowest BCUT2D eigenvalue weighted by Gasteiger charge is -2.38. The number of nitrogens with zero attached hydrogens (tertiary/aromatic N) is 3. The van der Waals surface area contributed by atoms with Gasteiger partial charge in [0.25, 0.3) is 0 Å². The van der Waals surface area contributed by atoms with Gasteiger partial charge in [0.1, 0.15) is 11.6 Å². The average molecular weight is 613 g/mol. The van der Waals surface area contributed by atoms with Crippen LogP contribution in [0.5, 0.6) is 0 Å². The summed E-state index contributed by atoms with van der Waals surface area (Å²) in [7, 11) is 0. The molecule has 4 aliphatic heterocycles. The third kappa shape index (κ3) is 6.12. The molecule has 4 saturated heterocycles. The quantitative estimate of drug-likeness (QED) is 0.128. The maximum Gasteiger partial charge on any atom is 0.312 e. The molecule has 0 aromatic heterocycles. The number of carbonyl (C=O) groups excluding carboxylic acids is 3. The molecular formula is C28H42BrN3O7. The summed E-state index contributed by atoms with van der Waals surface area (Å²) in [6.45, 7) is 12.7. The van der Waals surface area contributed by atoms with Crippen molar-refractivity contribution in [1.82, 2.24) is 14.7 Å². The molecule has 0 aromatic carbocycles. The number of esters is 1. The second-order valence-corrected chi connectivity index (χ2v) is 11.9. The first-order valence-electron chi connectivity index (χ1n) is 14.1. The van der Waals surface area contributed by atoms with Crippen LogP contribution in [0.2, 0.25) is 0 Å². The smallest absolute Gasteiger partial charge is 0.312 e. The van der Waals surface area contributed by atoms with Crippen molar-refractivity contribution in [3.05, 3.63) is 25.3 Å². The van der Waals surface area contributed by atoms with Gasteiger partial charge >= 0.3 is 5.97 Å². The number of morpholine rings is 1. The van der Waals surface area contributed by atoms with Crippen molar-refractivity contribution in [2.24, 2.45) is 11.8 Å². The molecule has 0 radical (unpaired) electrons. The van der Waals surface area contributed by atoms with E-state index < -0.39 is 35.6 Å². The first kappa shape index (κ1) is 30.2. The van der Waals surface area contributed by atoms with Gasteiger partial charge in [-0.2, -0.15) is 0 Å². The summed E-state index contributed by atoms with van der Waals surface area (Å²) in [5.74, 6) is -2.42. The van der Waals surface area contributed by atoms with Crippen molar-refractivity contribution in [2.45, 2.75) is 54.7 Å². The number of halogens is 1. The highest BCUT2D eigenvalue weighted by Gasteiger charge is 2.77. The van der Waals surface area contributed by atoms with E-state index in [-0.39, 0.29) is 29.9 Å². The monoisotopic (exact) mass is 611 g/mol. The number of hydrogen-bond donors (Lipinski definition) is 1. The van der Waals surface area contributed by atoms with Crippen LogP contribution in [0.3, 0.4) is 0 Å². The standard InChI is InChI=1S/C28H42BrN3O7/c1-3-5-16-38-27(36)21-22-25(34)32(10-7-6-8-15-33)24(28(22)19-20(29)23(21)39-28)26(35)31(9-4-2)12-11-30-13-17-37-18-14-30/h3-4,20-24,33H,1-2,5-19H2/t20?,21-,22-,23-,24?,28?/m0/s1. The Morgan fingerprint density at radius 3 is 2.64 bits per heavy atom. The van der Waals surface area contributed by atoms with E-state index in [1.165, 1.54) is 0 Å². The summed E-state index contributed by atoms with van der Waals surface area (Å²) in [5.41, 5.74) is -1.11. The van der Waals surface area contributed by atoms with Gasteiger partial charge in [-0.05, 0) is 32.1 Å². The number of aliphatic hydroxyl groups excluding tert-OH is 1. The van der Waals surface area contributed by atoms with Gasteiger partial charge in [-0.15, -0.1) is 13.2 Å². The molecule has 6 atom stereocenters. The number of unbranched alkanes of at least 4 members (excludes halogenated alkanes) is 2. The summed E-state index contributed by atoms with van der Waals surface area (Å²) in [5, 5.41) is 9.23. The van der Waals surface area contributed by atoms with Gasteiger partial charge in [0.2, 0.25) is 11.8 Å². The summed E-state index contributed by atoms with van der Waals surface area (Å²) < 4.78 is 17.5. The molecular weight excluding hydrogens is 570 g/mol. The number of alkyl halides is 1. The Morgan fingerprint density at radius 1 is 1.18 bits per heavy atom. The Morgan fingerprint density at radius 2 is 1.95 bits per heavy atom. The number of likely N-dealkylation sites (tertiary alicyclic amines) is 1. The van der Waals surface area contributed by atoms with Crippen LogP contribution in [-0.2, 0) is 28.6 Å². The van der Waals surface area contributed by atoms with Crippen molar-refractivity contribution in [3.8, 4) is 0 Å². The first-order chi connectivity index (χ1) is 18.9. The fourth-order valence-electron chi connectivity index (χ4n) is 6.54. The lowest BCUT2D eigenvalue weighted by Crippen LogP contribution is -2.57. The zero-order valence-corrected chi connectivity index (χ0v) is 24.3. The predicted octanol–water partition coefficient (Wildman–Crippen LogP) is 1.36. The maximum atomic E-state index is 14.4. The van der Waals surface area contributed by atoms with E-state index in [9.17, 15) is 19.5 Å². The number of fused-ring (bicyclic) bond motifs is 1. The topological polar surface area (TPSA) is 109 Å². The highest BCUT2D eigenvalue weighted by atomic mass is 79.9. The minimum absolute atomic E-state index is 0.0756. The van der Waals surface area contributed by atoms with Gasteiger partial charge in [-0.25, -0.2) is 0 Å². The molecule has 3 unspecified atom stereocenters. The van der Waals surface area contributed by atoms with E-state index in [0.29, 0.717) is 65.1 Å². The molecule has 10 nitrogen and oxygen atoms in total. The first-order valence-corrected chi connectivity index (χ1v) is 15.0. The van der Waals surface area contributed by atoms with Crippen LogP contribution in [0.4, 0.5) is 0 Å². The van der Waals surface area contributed by atoms with E-state index in [1.807, 2.05) is 0 Å². The van der Waals surface area contributed by atoms with Crippen molar-refractivity contribution < 1.29 is 33.7 Å². The van der Waals surface area contributed by atoms with Gasteiger partial charge in [0, 0.05) is 50.7 Å². The van der Waals surface area contributed by atoms with Crippen LogP contribution in [0, 0.1) is 11.8 Å². The van der Waals surface area contributed by atoms with Crippen molar-refractivity contribution in [3.63, 3.8) is 0 Å². The average Bonchev–Trinajstić information content (AvgIpc) is 3.52. The number of amides is 2. The van der Waals surface area contributed by atoms with Gasteiger partial charge in [-0.1, -0.05) is 28.1 Å². The van der Waals surface area contributed by atoms with E-state index in [0.717, 1.165) is 19.5 Å². The molecule has 4 rings (SSSR count). The molecule has 0 aromatic rings. The SMILES string of the molecule is C=CCCOC(=O)[C@H]1[C@H]2C(=O)N(CCCCCO)C(C(=O)N(CC=C)CCN3CCOCC3)C23CC(Br)[C@@H]1O3. The van der Waals surface area contributed by atoms with Crippen LogP contribution in [0.25, 0.3) is 0 Å². The minimum atomic E-state index is -1.11. The Bertz CT molecular complexity index is 914. The number of rotatable bonds is 15. The van der Waals surface area contributed by atoms with Crippen molar-refractivity contribution in [1.29, 1.82) is 0 Å². The normalized spacial score (nSPS) is 31.8. The van der Waals surface area contributed by atoms with Crippen LogP contribution in [-0.4, -0.2) is 126 Å².